The predicted octanol–water partition coefficient (Wildman–Crippen LogP) is 2.39. The number of amides is 1. The van der Waals surface area contributed by atoms with Crippen LogP contribution in [0.2, 0.25) is 0 Å². The number of nitrogens with one attached hydrogen (secondary N) is 2. The number of rotatable bonds is 9. The van der Waals surface area contributed by atoms with Gasteiger partial charge in [0.05, 0.1) is 17.1 Å². The van der Waals surface area contributed by atoms with Gasteiger partial charge in [0.2, 0.25) is 5.91 Å². The van der Waals surface area contributed by atoms with Crippen molar-refractivity contribution in [2.45, 2.75) is 70.8 Å². The van der Waals surface area contributed by atoms with Gasteiger partial charge in [-0.1, -0.05) is 20.8 Å². The van der Waals surface area contributed by atoms with Gasteiger partial charge >= 0.3 is 0 Å². The minimum absolute atomic E-state index is 0.00591. The monoisotopic (exact) mass is 489 g/mol. The molecule has 3 rings (SSSR count). The molecule has 0 aliphatic carbocycles. The average Bonchev–Trinajstić information content (AvgIpc) is 2.81. The van der Waals surface area contributed by atoms with Gasteiger partial charge in [0.25, 0.3) is 0 Å². The van der Waals surface area contributed by atoms with Gasteiger partial charge in [-0.15, -0.1) is 0 Å². The molecule has 1 aromatic rings. The summed E-state index contributed by atoms with van der Waals surface area (Å²) in [4.78, 5) is 37.5. The molecule has 3 N–H and O–H groups in total. The van der Waals surface area contributed by atoms with E-state index in [0.717, 1.165) is 6.42 Å². The van der Waals surface area contributed by atoms with Gasteiger partial charge in [-0.2, -0.15) is 0 Å². The number of aromatic nitrogens is 2. The number of ketones is 1. The molecule has 2 aliphatic heterocycles. The van der Waals surface area contributed by atoms with Crippen LogP contribution in [0, 0.1) is 11.8 Å². The first kappa shape index (κ1) is 27.5. The molecule has 2 atom stereocenters. The molecule has 3 heterocycles. The van der Waals surface area contributed by atoms with Gasteiger partial charge in [-0.3, -0.25) is 9.59 Å². The summed E-state index contributed by atoms with van der Waals surface area (Å²) < 4.78 is 5.13. The number of hydrogen-bond acceptors (Lipinski definition) is 8. The molecule has 0 aromatic carbocycles. The normalized spacial score (nSPS) is 22.6. The fourth-order valence-corrected chi connectivity index (χ4v) is 4.72. The number of hydrogen-bond donors (Lipinski definition) is 3. The lowest BCUT2D eigenvalue weighted by Gasteiger charge is -2.39. The van der Waals surface area contributed by atoms with Crippen molar-refractivity contribution >= 4 is 17.5 Å². The summed E-state index contributed by atoms with van der Waals surface area (Å²) in [6, 6.07) is 0. The largest absolute Gasteiger partial charge is 0.390 e. The van der Waals surface area contributed by atoms with E-state index in [9.17, 15) is 14.7 Å². The van der Waals surface area contributed by atoms with Gasteiger partial charge in [0.1, 0.15) is 11.6 Å². The summed E-state index contributed by atoms with van der Waals surface area (Å²) in [5.74, 6) is 1.31. The van der Waals surface area contributed by atoms with Crippen molar-refractivity contribution < 1.29 is 19.4 Å². The molecule has 2 unspecified atom stereocenters. The summed E-state index contributed by atoms with van der Waals surface area (Å²) in [7, 11) is 1.67. The molecule has 2 saturated heterocycles. The first-order valence-corrected chi connectivity index (χ1v) is 12.9. The second kappa shape index (κ2) is 11.8. The van der Waals surface area contributed by atoms with E-state index in [1.807, 2.05) is 32.6 Å². The van der Waals surface area contributed by atoms with Crippen molar-refractivity contribution in [3.05, 3.63) is 17.6 Å². The summed E-state index contributed by atoms with van der Waals surface area (Å²) in [6.07, 6.45) is 4.68. The lowest BCUT2D eigenvalue weighted by Crippen LogP contribution is -2.50. The topological polar surface area (TPSA) is 117 Å². The van der Waals surface area contributed by atoms with Crippen LogP contribution in [0.3, 0.4) is 0 Å². The number of piperidine rings is 2. The highest BCUT2D eigenvalue weighted by Gasteiger charge is 2.35. The third-order valence-corrected chi connectivity index (χ3v) is 6.99. The maximum atomic E-state index is 13.3. The average molecular weight is 490 g/mol. The molecule has 0 spiro atoms. The number of carbonyl (C=O) groups excluding carboxylic acids is 2. The SMILES string of the molecule is COCCCNc1nc(C(C)(C)C)ncc1C(=O)CC1CNCC(C(=O)N2CCC(C)(O)CC2)C1. The van der Waals surface area contributed by atoms with Crippen LogP contribution >= 0.6 is 0 Å². The van der Waals surface area contributed by atoms with E-state index < -0.39 is 5.60 Å². The summed E-state index contributed by atoms with van der Waals surface area (Å²) in [5.41, 5.74) is -0.411. The van der Waals surface area contributed by atoms with Crippen LogP contribution in [0.15, 0.2) is 6.20 Å². The van der Waals surface area contributed by atoms with E-state index >= 15 is 0 Å². The third-order valence-electron chi connectivity index (χ3n) is 6.99. The van der Waals surface area contributed by atoms with Crippen LogP contribution in [0.5, 0.6) is 0 Å². The number of carbonyl (C=O) groups is 2. The Bertz CT molecular complexity index is 873. The van der Waals surface area contributed by atoms with E-state index in [-0.39, 0.29) is 28.9 Å². The lowest BCUT2D eigenvalue weighted by molar-refractivity contribution is -0.140. The highest BCUT2D eigenvalue weighted by atomic mass is 16.5. The minimum atomic E-state index is -0.684. The Labute approximate surface area is 209 Å². The van der Waals surface area contributed by atoms with Crippen LogP contribution in [0.25, 0.3) is 0 Å². The standard InChI is InChI=1S/C26H43N5O4/c1-25(2,3)24-29-17-20(22(30-24)28-9-6-12-35-5)21(32)14-18-13-19(16-27-15-18)23(33)31-10-7-26(4,34)8-11-31/h17-19,27,34H,6-16H2,1-5H3,(H,28,29,30). The molecule has 1 amide bonds. The minimum Gasteiger partial charge on any atom is -0.390 e. The Kier molecular flexibility index (Phi) is 9.23. The fourth-order valence-electron chi connectivity index (χ4n) is 4.72. The molecule has 9 nitrogen and oxygen atoms in total. The Balaban J connectivity index is 1.65. The molecular weight excluding hydrogens is 446 g/mol. The first-order chi connectivity index (χ1) is 16.5. The highest BCUT2D eigenvalue weighted by Crippen LogP contribution is 2.28. The number of anilines is 1. The summed E-state index contributed by atoms with van der Waals surface area (Å²) >= 11 is 0. The van der Waals surface area contributed by atoms with Gasteiger partial charge in [0, 0.05) is 57.9 Å². The van der Waals surface area contributed by atoms with Crippen LogP contribution in [0.4, 0.5) is 5.82 Å². The number of likely N-dealkylation sites (tertiary alicyclic amines) is 1. The second-order valence-electron chi connectivity index (χ2n) is 11.4. The number of Topliss-reactive ketones (excluding diaryl/α,β-unsaturated/α-hetero) is 1. The number of aliphatic hydroxyl groups is 1. The Morgan fingerprint density at radius 3 is 2.66 bits per heavy atom. The third kappa shape index (κ3) is 7.69. The fraction of sp³-hybridized carbons (Fsp3) is 0.769. The second-order valence-corrected chi connectivity index (χ2v) is 11.4. The van der Waals surface area contributed by atoms with Crippen LogP contribution in [-0.2, 0) is 14.9 Å². The van der Waals surface area contributed by atoms with Crippen molar-refractivity contribution in [1.29, 1.82) is 0 Å². The maximum Gasteiger partial charge on any atom is 0.226 e. The highest BCUT2D eigenvalue weighted by molar-refractivity contribution is 6.00. The van der Waals surface area contributed by atoms with Crippen molar-refractivity contribution in [1.82, 2.24) is 20.2 Å². The molecule has 0 bridgehead atoms. The molecule has 0 saturated carbocycles. The molecule has 35 heavy (non-hydrogen) atoms. The zero-order valence-corrected chi connectivity index (χ0v) is 22.0. The van der Waals surface area contributed by atoms with E-state index in [4.69, 9.17) is 9.72 Å². The van der Waals surface area contributed by atoms with Gasteiger partial charge in [0.15, 0.2) is 5.78 Å². The van der Waals surface area contributed by atoms with Crippen LogP contribution in [0.1, 0.15) is 76.0 Å². The summed E-state index contributed by atoms with van der Waals surface area (Å²) in [5, 5.41) is 16.9. The zero-order chi connectivity index (χ0) is 25.6. The molecular formula is C26H43N5O4. The van der Waals surface area contributed by atoms with Gasteiger partial charge in [-0.05, 0) is 45.1 Å². The molecule has 9 heteroatoms. The quantitative estimate of drug-likeness (QED) is 0.358. The van der Waals surface area contributed by atoms with Crippen molar-refractivity contribution in [3.63, 3.8) is 0 Å². The summed E-state index contributed by atoms with van der Waals surface area (Å²) in [6.45, 7) is 11.8. The van der Waals surface area contributed by atoms with Crippen LogP contribution in [-0.4, -0.2) is 83.7 Å². The zero-order valence-electron chi connectivity index (χ0n) is 22.0. The van der Waals surface area contributed by atoms with E-state index in [0.29, 0.717) is 82.2 Å². The van der Waals surface area contributed by atoms with Crippen LogP contribution < -0.4 is 10.6 Å². The van der Waals surface area contributed by atoms with Crippen molar-refractivity contribution in [3.8, 4) is 0 Å². The van der Waals surface area contributed by atoms with Gasteiger partial charge < -0.3 is 25.4 Å². The molecule has 1 aromatic heterocycles. The molecule has 196 valence electrons. The Morgan fingerprint density at radius 1 is 1.29 bits per heavy atom. The number of nitrogens with zero attached hydrogens (tertiary/aromatic N) is 3. The van der Waals surface area contributed by atoms with Gasteiger partial charge in [-0.25, -0.2) is 9.97 Å². The number of ether oxygens (including phenoxy) is 1. The van der Waals surface area contributed by atoms with E-state index in [1.54, 1.807) is 13.3 Å². The molecule has 2 fully saturated rings. The Hall–Kier alpha value is -2.10. The van der Waals surface area contributed by atoms with Crippen molar-refractivity contribution in [2.24, 2.45) is 11.8 Å². The van der Waals surface area contributed by atoms with E-state index in [1.165, 1.54) is 0 Å². The molecule has 2 aliphatic rings. The Morgan fingerprint density at radius 2 is 2.00 bits per heavy atom. The first-order valence-electron chi connectivity index (χ1n) is 12.9. The lowest BCUT2D eigenvalue weighted by atomic mass is 9.84. The van der Waals surface area contributed by atoms with E-state index in [2.05, 4.69) is 15.6 Å². The number of methoxy groups -OCH3 is 1. The smallest absolute Gasteiger partial charge is 0.226 e. The molecule has 0 radical (unpaired) electrons. The van der Waals surface area contributed by atoms with Crippen molar-refractivity contribution in [2.75, 3.05) is 51.8 Å². The maximum absolute atomic E-state index is 13.3. The predicted molar refractivity (Wildman–Crippen MR) is 136 cm³/mol.